The van der Waals surface area contributed by atoms with Gasteiger partial charge >= 0.3 is 5.97 Å². The standard InChI is InChI=1S/C27H20N4O3/c1-2-5-25-30-23-12-19(14-28)26(32)20(15-29)13-24(23)31(25)16-17-8-10-18(11-9-17)21-6-3-4-7-22(21)27(33)34/h3-4,6-13H,2,5,16H2,1H3,(H,33,34). The van der Waals surface area contributed by atoms with Gasteiger partial charge in [-0.05, 0) is 41.3 Å². The minimum absolute atomic E-state index is 0.101. The predicted molar refractivity (Wildman–Crippen MR) is 127 cm³/mol. The summed E-state index contributed by atoms with van der Waals surface area (Å²) in [5, 5.41) is 28.3. The Kier molecular flexibility index (Phi) is 6.20. The van der Waals surface area contributed by atoms with E-state index in [0.717, 1.165) is 23.4 Å². The fourth-order valence-electron chi connectivity index (χ4n) is 3.99. The highest BCUT2D eigenvalue weighted by Gasteiger charge is 2.15. The Morgan fingerprint density at radius 1 is 1.03 bits per heavy atom. The lowest BCUT2D eigenvalue weighted by Gasteiger charge is -2.11. The second-order valence-corrected chi connectivity index (χ2v) is 7.85. The van der Waals surface area contributed by atoms with Crippen LogP contribution in [0.3, 0.4) is 0 Å². The van der Waals surface area contributed by atoms with E-state index in [0.29, 0.717) is 29.6 Å². The van der Waals surface area contributed by atoms with Crippen LogP contribution in [0.4, 0.5) is 0 Å². The van der Waals surface area contributed by atoms with Gasteiger partial charge in [0.1, 0.15) is 29.1 Å². The molecule has 0 amide bonds. The van der Waals surface area contributed by atoms with Crippen molar-refractivity contribution in [3.63, 3.8) is 0 Å². The van der Waals surface area contributed by atoms with Gasteiger partial charge in [0.15, 0.2) is 0 Å². The first kappa shape index (κ1) is 22.4. The van der Waals surface area contributed by atoms with Crippen molar-refractivity contribution in [2.24, 2.45) is 0 Å². The normalized spacial score (nSPS) is 10.6. The number of imidazole rings is 1. The van der Waals surface area contributed by atoms with Crippen molar-refractivity contribution in [3.8, 4) is 23.3 Å². The summed E-state index contributed by atoms with van der Waals surface area (Å²) in [4.78, 5) is 28.7. The van der Waals surface area contributed by atoms with Gasteiger partial charge in [-0.2, -0.15) is 10.5 Å². The molecule has 0 spiro atoms. The molecule has 0 atom stereocenters. The van der Waals surface area contributed by atoms with Crippen molar-refractivity contribution in [1.82, 2.24) is 9.55 Å². The van der Waals surface area contributed by atoms with E-state index in [4.69, 9.17) is 0 Å². The van der Waals surface area contributed by atoms with E-state index in [1.165, 1.54) is 12.1 Å². The van der Waals surface area contributed by atoms with Gasteiger partial charge in [0.25, 0.3) is 0 Å². The average Bonchev–Trinajstić information content (AvgIpc) is 3.08. The molecule has 0 saturated carbocycles. The van der Waals surface area contributed by atoms with Gasteiger partial charge in [-0.15, -0.1) is 0 Å². The number of rotatable bonds is 6. The highest BCUT2D eigenvalue weighted by molar-refractivity contribution is 5.96. The highest BCUT2D eigenvalue weighted by atomic mass is 16.4. The van der Waals surface area contributed by atoms with Crippen molar-refractivity contribution in [2.75, 3.05) is 0 Å². The van der Waals surface area contributed by atoms with Crippen LogP contribution in [0.1, 0.15) is 46.2 Å². The number of carboxylic acid groups (broad SMARTS) is 1. The Morgan fingerprint density at radius 3 is 2.35 bits per heavy atom. The van der Waals surface area contributed by atoms with Crippen molar-refractivity contribution < 1.29 is 9.90 Å². The molecule has 0 radical (unpaired) electrons. The predicted octanol–water partition coefficient (Wildman–Crippen LogP) is 4.51. The molecule has 4 rings (SSSR count). The van der Waals surface area contributed by atoms with Crippen LogP contribution in [0.2, 0.25) is 0 Å². The minimum Gasteiger partial charge on any atom is -0.478 e. The van der Waals surface area contributed by atoms with Crippen molar-refractivity contribution in [2.45, 2.75) is 26.3 Å². The van der Waals surface area contributed by atoms with E-state index in [2.05, 4.69) is 4.98 Å². The van der Waals surface area contributed by atoms with Gasteiger partial charge in [-0.25, -0.2) is 9.78 Å². The quantitative estimate of drug-likeness (QED) is 0.463. The smallest absolute Gasteiger partial charge is 0.336 e. The third kappa shape index (κ3) is 4.15. The third-order valence-corrected chi connectivity index (χ3v) is 5.64. The Hall–Kier alpha value is -4.75. The van der Waals surface area contributed by atoms with Gasteiger partial charge in [-0.3, -0.25) is 4.79 Å². The van der Waals surface area contributed by atoms with Crippen LogP contribution in [0.15, 0.2) is 65.5 Å². The molecule has 1 N–H and O–H groups in total. The van der Waals surface area contributed by atoms with Crippen molar-refractivity contribution in [1.29, 1.82) is 10.5 Å². The first-order valence-corrected chi connectivity index (χ1v) is 10.8. The number of hydrogen-bond donors (Lipinski definition) is 1. The molecule has 34 heavy (non-hydrogen) atoms. The summed E-state index contributed by atoms with van der Waals surface area (Å²) in [5.74, 6) is -0.186. The van der Waals surface area contributed by atoms with Gasteiger partial charge in [0.2, 0.25) is 5.43 Å². The molecule has 0 saturated heterocycles. The number of aromatic carboxylic acids is 1. The van der Waals surface area contributed by atoms with E-state index < -0.39 is 11.4 Å². The molecule has 3 aromatic carbocycles. The number of aryl methyl sites for hydroxylation is 1. The summed E-state index contributed by atoms with van der Waals surface area (Å²) in [7, 11) is 0. The number of nitrogens with zero attached hydrogens (tertiary/aromatic N) is 4. The molecule has 166 valence electrons. The minimum atomic E-state index is -0.982. The van der Waals surface area contributed by atoms with Crippen LogP contribution in [-0.2, 0) is 13.0 Å². The maximum atomic E-state index is 12.4. The number of aromatic nitrogens is 2. The van der Waals surface area contributed by atoms with Gasteiger partial charge in [0.05, 0.1) is 16.6 Å². The van der Waals surface area contributed by atoms with Crippen LogP contribution < -0.4 is 5.43 Å². The zero-order chi connectivity index (χ0) is 24.2. The van der Waals surface area contributed by atoms with E-state index >= 15 is 0 Å². The molecule has 0 aliphatic rings. The Morgan fingerprint density at radius 2 is 1.71 bits per heavy atom. The molecular formula is C27H20N4O3. The van der Waals surface area contributed by atoms with Crippen LogP contribution in [-0.4, -0.2) is 20.6 Å². The molecule has 7 nitrogen and oxygen atoms in total. The number of carboxylic acids is 1. The fraction of sp³-hybridized carbons (Fsp3) is 0.148. The molecular weight excluding hydrogens is 428 g/mol. The zero-order valence-electron chi connectivity index (χ0n) is 18.4. The second-order valence-electron chi connectivity index (χ2n) is 7.85. The van der Waals surface area contributed by atoms with Gasteiger partial charge in [0, 0.05) is 13.0 Å². The molecule has 1 heterocycles. The van der Waals surface area contributed by atoms with Crippen molar-refractivity contribution >= 4 is 17.0 Å². The average molecular weight is 448 g/mol. The number of nitriles is 2. The maximum absolute atomic E-state index is 12.4. The SMILES string of the molecule is CCCc1nc2cc(C#N)c(=O)c(C#N)cc2n1Cc1ccc(-c2ccccc2C(=O)O)cc1. The first-order chi connectivity index (χ1) is 16.5. The lowest BCUT2D eigenvalue weighted by molar-refractivity contribution is 0.0697. The molecule has 0 fully saturated rings. The molecule has 0 aliphatic heterocycles. The monoisotopic (exact) mass is 448 g/mol. The van der Waals surface area contributed by atoms with Crippen LogP contribution >= 0.6 is 0 Å². The van der Waals surface area contributed by atoms with Crippen molar-refractivity contribution in [3.05, 3.63) is 99.0 Å². The van der Waals surface area contributed by atoms with Gasteiger partial charge in [-0.1, -0.05) is 49.4 Å². The Bertz CT molecular complexity index is 1550. The summed E-state index contributed by atoms with van der Waals surface area (Å²) < 4.78 is 1.96. The largest absolute Gasteiger partial charge is 0.478 e. The number of benzene rings is 2. The summed E-state index contributed by atoms with van der Waals surface area (Å²) in [5.41, 5.74) is 2.90. The van der Waals surface area contributed by atoms with E-state index in [-0.39, 0.29) is 16.7 Å². The molecule has 4 aromatic rings. The van der Waals surface area contributed by atoms with E-state index in [9.17, 15) is 25.2 Å². The highest BCUT2D eigenvalue weighted by Crippen LogP contribution is 2.25. The zero-order valence-corrected chi connectivity index (χ0v) is 18.4. The molecule has 0 unspecified atom stereocenters. The summed E-state index contributed by atoms with van der Waals surface area (Å²) in [6.45, 7) is 2.48. The molecule has 7 heteroatoms. The molecule has 0 bridgehead atoms. The third-order valence-electron chi connectivity index (χ3n) is 5.64. The fourth-order valence-corrected chi connectivity index (χ4v) is 3.99. The lowest BCUT2D eigenvalue weighted by atomic mass is 9.99. The Labute approximate surface area is 195 Å². The summed E-state index contributed by atoms with van der Waals surface area (Å²) >= 11 is 0. The first-order valence-electron chi connectivity index (χ1n) is 10.8. The number of hydrogen-bond acceptors (Lipinski definition) is 5. The van der Waals surface area contributed by atoms with E-state index in [1.54, 1.807) is 24.3 Å². The topological polar surface area (TPSA) is 120 Å². The summed E-state index contributed by atoms with van der Waals surface area (Å²) in [6, 6.07) is 21.2. The van der Waals surface area contributed by atoms with Crippen LogP contribution in [0.25, 0.3) is 22.2 Å². The van der Waals surface area contributed by atoms with E-state index in [1.807, 2.05) is 47.9 Å². The maximum Gasteiger partial charge on any atom is 0.336 e. The van der Waals surface area contributed by atoms with Gasteiger partial charge < -0.3 is 9.67 Å². The number of fused-ring (bicyclic) bond motifs is 1. The van der Waals surface area contributed by atoms with Crippen LogP contribution in [0, 0.1) is 22.7 Å². The van der Waals surface area contributed by atoms with Crippen LogP contribution in [0.5, 0.6) is 0 Å². The lowest BCUT2D eigenvalue weighted by Crippen LogP contribution is -2.07. The second kappa shape index (κ2) is 9.40. The molecule has 1 aromatic heterocycles. The summed E-state index contributed by atoms with van der Waals surface area (Å²) in [6.07, 6.45) is 1.54. The Balaban J connectivity index is 1.80. The molecule has 0 aliphatic carbocycles. The number of carbonyl (C=O) groups is 1.